The molecule has 5 nitrogen and oxygen atoms in total. The second kappa shape index (κ2) is 6.38. The number of aliphatic hydroxyl groups is 1. The lowest BCUT2D eigenvalue weighted by atomic mass is 9.93. The van der Waals surface area contributed by atoms with Gasteiger partial charge in [-0.2, -0.15) is 0 Å². The molecule has 0 saturated heterocycles. The van der Waals surface area contributed by atoms with Gasteiger partial charge >= 0.3 is 6.03 Å². The molecule has 1 aliphatic carbocycles. The SMILES string of the molecule is CN(C)C(C)(C)CNC(=O)NC1CCCCC1O. The second-order valence-electron chi connectivity index (χ2n) is 5.99. The molecular weight excluding hydrogens is 230 g/mol. The van der Waals surface area contributed by atoms with Crippen molar-refractivity contribution in [3.8, 4) is 0 Å². The van der Waals surface area contributed by atoms with E-state index in [0.717, 1.165) is 25.7 Å². The smallest absolute Gasteiger partial charge is 0.315 e. The van der Waals surface area contributed by atoms with Gasteiger partial charge in [0.25, 0.3) is 0 Å². The maximum Gasteiger partial charge on any atom is 0.315 e. The minimum absolute atomic E-state index is 0.0808. The molecule has 0 bridgehead atoms. The number of urea groups is 1. The lowest BCUT2D eigenvalue weighted by Crippen LogP contribution is -2.53. The van der Waals surface area contributed by atoms with Gasteiger partial charge in [-0.25, -0.2) is 4.79 Å². The van der Waals surface area contributed by atoms with Crippen LogP contribution in [0.1, 0.15) is 39.5 Å². The van der Waals surface area contributed by atoms with Gasteiger partial charge in [0.05, 0.1) is 12.1 Å². The molecule has 0 heterocycles. The minimum atomic E-state index is -0.397. The highest BCUT2D eigenvalue weighted by Crippen LogP contribution is 2.18. The zero-order valence-corrected chi connectivity index (χ0v) is 12.0. The normalized spacial score (nSPS) is 25.0. The van der Waals surface area contributed by atoms with E-state index in [2.05, 4.69) is 29.4 Å². The Morgan fingerprint density at radius 3 is 2.50 bits per heavy atom. The number of rotatable bonds is 4. The molecule has 0 aromatic carbocycles. The van der Waals surface area contributed by atoms with Crippen LogP contribution in [0.4, 0.5) is 4.79 Å². The van der Waals surface area contributed by atoms with Crippen molar-refractivity contribution in [1.29, 1.82) is 0 Å². The summed E-state index contributed by atoms with van der Waals surface area (Å²) in [5.41, 5.74) is -0.0808. The standard InChI is InChI=1S/C13H27N3O2/c1-13(2,16(3)4)9-14-12(18)15-10-7-5-6-8-11(10)17/h10-11,17H,5-9H2,1-4H3,(H2,14,15,18). The van der Waals surface area contributed by atoms with Crippen LogP contribution in [0.2, 0.25) is 0 Å². The molecule has 18 heavy (non-hydrogen) atoms. The van der Waals surface area contributed by atoms with E-state index >= 15 is 0 Å². The molecule has 106 valence electrons. The maximum absolute atomic E-state index is 11.8. The third kappa shape index (κ3) is 4.46. The zero-order valence-electron chi connectivity index (χ0n) is 12.0. The molecule has 1 aliphatic rings. The van der Waals surface area contributed by atoms with Crippen LogP contribution >= 0.6 is 0 Å². The van der Waals surface area contributed by atoms with Crippen LogP contribution in [0.15, 0.2) is 0 Å². The summed E-state index contributed by atoms with van der Waals surface area (Å²) in [5, 5.41) is 15.5. The van der Waals surface area contributed by atoms with Crippen molar-refractivity contribution in [3.05, 3.63) is 0 Å². The number of hydrogen-bond acceptors (Lipinski definition) is 3. The number of carbonyl (C=O) groups is 1. The molecule has 5 heteroatoms. The number of nitrogens with zero attached hydrogens (tertiary/aromatic N) is 1. The Kier molecular flexibility index (Phi) is 5.41. The van der Waals surface area contributed by atoms with Crippen molar-refractivity contribution in [2.45, 2.75) is 57.2 Å². The Balaban J connectivity index is 2.33. The summed E-state index contributed by atoms with van der Waals surface area (Å²) in [4.78, 5) is 13.8. The van der Waals surface area contributed by atoms with Crippen LogP contribution in [0.5, 0.6) is 0 Å². The second-order valence-corrected chi connectivity index (χ2v) is 5.99. The topological polar surface area (TPSA) is 64.6 Å². The third-order valence-electron chi connectivity index (χ3n) is 3.94. The number of aliphatic hydroxyl groups excluding tert-OH is 1. The molecule has 1 saturated carbocycles. The maximum atomic E-state index is 11.8. The van der Waals surface area contributed by atoms with E-state index < -0.39 is 6.10 Å². The van der Waals surface area contributed by atoms with E-state index in [4.69, 9.17) is 0 Å². The van der Waals surface area contributed by atoms with Crippen LogP contribution in [0.3, 0.4) is 0 Å². The van der Waals surface area contributed by atoms with Crippen LogP contribution in [-0.2, 0) is 0 Å². The Hall–Kier alpha value is -0.810. The lowest BCUT2D eigenvalue weighted by molar-refractivity contribution is 0.0937. The van der Waals surface area contributed by atoms with Gasteiger partial charge in [0.1, 0.15) is 0 Å². The molecule has 0 radical (unpaired) electrons. The number of likely N-dealkylation sites (N-methyl/N-ethyl adjacent to an activating group) is 1. The summed E-state index contributed by atoms with van der Waals surface area (Å²) in [7, 11) is 3.98. The monoisotopic (exact) mass is 257 g/mol. The van der Waals surface area contributed by atoms with Gasteiger partial charge in [-0.15, -0.1) is 0 Å². The molecule has 1 rings (SSSR count). The third-order valence-corrected chi connectivity index (χ3v) is 3.94. The molecule has 0 spiro atoms. The van der Waals surface area contributed by atoms with E-state index in [1.54, 1.807) is 0 Å². The van der Waals surface area contributed by atoms with Gasteiger partial charge in [0, 0.05) is 12.1 Å². The summed E-state index contributed by atoms with van der Waals surface area (Å²) in [6, 6.07) is -0.280. The molecule has 2 amide bonds. The fraction of sp³-hybridized carbons (Fsp3) is 0.923. The average Bonchev–Trinajstić information content (AvgIpc) is 2.29. The Morgan fingerprint density at radius 1 is 1.33 bits per heavy atom. The van der Waals surface area contributed by atoms with Gasteiger partial charge in [-0.3, -0.25) is 0 Å². The van der Waals surface area contributed by atoms with Crippen molar-refractivity contribution in [2.24, 2.45) is 0 Å². The first-order valence-corrected chi connectivity index (χ1v) is 6.73. The number of amides is 2. The molecule has 1 fully saturated rings. The van der Waals surface area contributed by atoms with E-state index in [1.807, 2.05) is 14.1 Å². The highest BCUT2D eigenvalue weighted by atomic mass is 16.3. The van der Waals surface area contributed by atoms with Gasteiger partial charge in [-0.05, 0) is 40.8 Å². The Labute approximate surface area is 110 Å². The Bertz CT molecular complexity index is 279. The van der Waals surface area contributed by atoms with Crippen molar-refractivity contribution in [2.75, 3.05) is 20.6 Å². The highest BCUT2D eigenvalue weighted by Gasteiger charge is 2.26. The quantitative estimate of drug-likeness (QED) is 0.702. The van der Waals surface area contributed by atoms with Gasteiger partial charge in [0.15, 0.2) is 0 Å². The zero-order chi connectivity index (χ0) is 13.8. The first kappa shape index (κ1) is 15.2. The molecule has 0 aliphatic heterocycles. The van der Waals surface area contributed by atoms with E-state index in [9.17, 15) is 9.90 Å². The minimum Gasteiger partial charge on any atom is -0.391 e. The van der Waals surface area contributed by atoms with Crippen molar-refractivity contribution < 1.29 is 9.90 Å². The summed E-state index contributed by atoms with van der Waals surface area (Å²) in [5.74, 6) is 0. The van der Waals surface area contributed by atoms with Gasteiger partial charge < -0.3 is 20.6 Å². The molecule has 2 unspecified atom stereocenters. The van der Waals surface area contributed by atoms with Gasteiger partial charge in [-0.1, -0.05) is 12.8 Å². The summed E-state index contributed by atoms with van der Waals surface area (Å²) in [6.07, 6.45) is 3.38. The largest absolute Gasteiger partial charge is 0.391 e. The molecule has 0 aromatic heterocycles. The van der Waals surface area contributed by atoms with Crippen LogP contribution in [-0.4, -0.2) is 54.4 Å². The van der Waals surface area contributed by atoms with Crippen molar-refractivity contribution in [3.63, 3.8) is 0 Å². The number of nitrogens with one attached hydrogen (secondary N) is 2. The number of carbonyl (C=O) groups excluding carboxylic acids is 1. The molecule has 0 aromatic rings. The fourth-order valence-electron chi connectivity index (χ4n) is 1.95. The van der Waals surface area contributed by atoms with Crippen molar-refractivity contribution >= 4 is 6.03 Å². The van der Waals surface area contributed by atoms with Crippen molar-refractivity contribution in [1.82, 2.24) is 15.5 Å². The van der Waals surface area contributed by atoms with Crippen LogP contribution in [0, 0.1) is 0 Å². The molecular formula is C13H27N3O2. The van der Waals surface area contributed by atoms with E-state index in [-0.39, 0.29) is 17.6 Å². The van der Waals surface area contributed by atoms with Crippen LogP contribution < -0.4 is 10.6 Å². The average molecular weight is 257 g/mol. The lowest BCUT2D eigenvalue weighted by Gasteiger charge is -2.33. The first-order chi connectivity index (χ1) is 8.33. The summed E-state index contributed by atoms with van der Waals surface area (Å²) >= 11 is 0. The predicted octanol–water partition coefficient (Wildman–Crippen LogP) is 0.929. The molecule has 2 atom stereocenters. The van der Waals surface area contributed by atoms with E-state index in [1.165, 1.54) is 0 Å². The summed E-state index contributed by atoms with van der Waals surface area (Å²) in [6.45, 7) is 4.72. The highest BCUT2D eigenvalue weighted by molar-refractivity contribution is 5.74. The van der Waals surface area contributed by atoms with E-state index in [0.29, 0.717) is 6.54 Å². The fourth-order valence-corrected chi connectivity index (χ4v) is 1.95. The number of hydrogen-bond donors (Lipinski definition) is 3. The van der Waals surface area contributed by atoms with Crippen LogP contribution in [0.25, 0.3) is 0 Å². The predicted molar refractivity (Wildman–Crippen MR) is 72.6 cm³/mol. The van der Waals surface area contributed by atoms with Gasteiger partial charge in [0.2, 0.25) is 0 Å². The summed E-state index contributed by atoms with van der Waals surface area (Å²) < 4.78 is 0. The Morgan fingerprint density at radius 2 is 1.94 bits per heavy atom. The first-order valence-electron chi connectivity index (χ1n) is 6.73. The molecule has 3 N–H and O–H groups in total.